The van der Waals surface area contributed by atoms with E-state index in [0.29, 0.717) is 0 Å². The molecule has 6 heteroatoms. The van der Waals surface area contributed by atoms with Gasteiger partial charge in [-0.2, -0.15) is 0 Å². The van der Waals surface area contributed by atoms with Crippen LogP contribution < -0.4 is 16.0 Å². The minimum atomic E-state index is -0.531. The molecule has 0 aliphatic carbocycles. The molecule has 1 amide bonds. The zero-order chi connectivity index (χ0) is 14.5. The van der Waals surface area contributed by atoms with Crippen LogP contribution in [0.5, 0.6) is 5.75 Å². The number of nitrogen functional groups attached to an aromatic ring is 1. The van der Waals surface area contributed by atoms with Gasteiger partial charge in [-0.15, -0.1) is 0 Å². The smallest absolute Gasteiger partial charge is 0.265 e. The van der Waals surface area contributed by atoms with Crippen molar-refractivity contribution in [3.63, 3.8) is 0 Å². The van der Waals surface area contributed by atoms with Crippen molar-refractivity contribution >= 4 is 5.91 Å². The molecule has 0 spiro atoms. The number of benzene rings is 2. The van der Waals surface area contributed by atoms with Gasteiger partial charge in [0.05, 0.1) is 0 Å². The van der Waals surface area contributed by atoms with Gasteiger partial charge in [0.1, 0.15) is 24.0 Å². The summed E-state index contributed by atoms with van der Waals surface area (Å²) in [6.07, 6.45) is 0. The van der Waals surface area contributed by atoms with Gasteiger partial charge >= 0.3 is 0 Å². The topological polar surface area (TPSA) is 64.3 Å². The second-order valence-electron chi connectivity index (χ2n) is 4.03. The Bertz CT molecular complexity index is 632. The molecule has 0 aliphatic heterocycles. The molecular weight excluding hydrogens is 266 g/mol. The van der Waals surface area contributed by atoms with Crippen LogP contribution in [0.15, 0.2) is 42.5 Å². The quantitative estimate of drug-likeness (QED) is 0.511. The summed E-state index contributed by atoms with van der Waals surface area (Å²) in [5.41, 5.74) is 2.35. The van der Waals surface area contributed by atoms with Gasteiger partial charge in [0, 0.05) is 17.2 Å². The summed E-state index contributed by atoms with van der Waals surface area (Å²) in [6.45, 7) is -0.124. The summed E-state index contributed by atoms with van der Waals surface area (Å²) in [5.74, 6) is 3.79. The SMILES string of the molecule is NNC(=O)c1ccc(F)c(COc2cccc(F)c2)c1. The first-order valence-corrected chi connectivity index (χ1v) is 5.78. The maximum absolute atomic E-state index is 13.6. The standard InChI is InChI=1S/C14H12F2N2O2/c15-11-2-1-3-12(7-11)20-8-10-6-9(14(19)18-17)4-5-13(10)16/h1-7H,8,17H2,(H,18,19). The van der Waals surface area contributed by atoms with Gasteiger partial charge in [0.2, 0.25) is 0 Å². The number of rotatable bonds is 4. The summed E-state index contributed by atoms with van der Waals surface area (Å²) < 4.78 is 31.8. The molecule has 0 atom stereocenters. The second kappa shape index (κ2) is 6.12. The fourth-order valence-electron chi connectivity index (χ4n) is 1.63. The fourth-order valence-corrected chi connectivity index (χ4v) is 1.63. The third kappa shape index (κ3) is 3.30. The molecule has 0 bridgehead atoms. The Kier molecular flexibility index (Phi) is 4.27. The number of carbonyl (C=O) groups is 1. The molecule has 0 saturated carbocycles. The highest BCUT2D eigenvalue weighted by Crippen LogP contribution is 2.16. The lowest BCUT2D eigenvalue weighted by molar-refractivity contribution is 0.0953. The number of hydrogen-bond donors (Lipinski definition) is 2. The lowest BCUT2D eigenvalue weighted by Gasteiger charge is -2.08. The van der Waals surface area contributed by atoms with Crippen LogP contribution in [0.4, 0.5) is 8.78 Å². The highest BCUT2D eigenvalue weighted by atomic mass is 19.1. The largest absolute Gasteiger partial charge is 0.489 e. The van der Waals surface area contributed by atoms with Crippen molar-refractivity contribution in [3.05, 3.63) is 65.2 Å². The lowest BCUT2D eigenvalue weighted by Crippen LogP contribution is -2.30. The molecule has 0 fully saturated rings. The Labute approximate surface area is 114 Å². The Morgan fingerprint density at radius 1 is 1.20 bits per heavy atom. The maximum Gasteiger partial charge on any atom is 0.265 e. The lowest BCUT2D eigenvalue weighted by atomic mass is 10.1. The van der Waals surface area contributed by atoms with Crippen LogP contribution in [0.3, 0.4) is 0 Å². The molecule has 2 aromatic rings. The van der Waals surface area contributed by atoms with Gasteiger partial charge in [0.15, 0.2) is 0 Å². The van der Waals surface area contributed by atoms with E-state index in [9.17, 15) is 13.6 Å². The minimum absolute atomic E-state index is 0.124. The Hall–Kier alpha value is -2.47. The van der Waals surface area contributed by atoms with Crippen LogP contribution in [-0.4, -0.2) is 5.91 Å². The van der Waals surface area contributed by atoms with Crippen molar-refractivity contribution in [2.75, 3.05) is 0 Å². The van der Waals surface area contributed by atoms with Crippen molar-refractivity contribution < 1.29 is 18.3 Å². The normalized spacial score (nSPS) is 10.2. The number of ether oxygens (including phenoxy) is 1. The van der Waals surface area contributed by atoms with Crippen molar-refractivity contribution in [1.29, 1.82) is 0 Å². The first kappa shape index (κ1) is 14.0. The van der Waals surface area contributed by atoms with E-state index in [-0.39, 0.29) is 23.5 Å². The molecule has 2 aromatic carbocycles. The zero-order valence-electron chi connectivity index (χ0n) is 10.4. The molecule has 3 N–H and O–H groups in total. The molecule has 0 aromatic heterocycles. The van der Waals surface area contributed by atoms with E-state index < -0.39 is 17.5 Å². The molecule has 2 rings (SSSR count). The number of nitrogens with one attached hydrogen (secondary N) is 1. The number of nitrogens with two attached hydrogens (primary N) is 1. The summed E-state index contributed by atoms with van der Waals surface area (Å²) in [6, 6.07) is 9.29. The van der Waals surface area contributed by atoms with E-state index in [4.69, 9.17) is 10.6 Å². The van der Waals surface area contributed by atoms with Gasteiger partial charge in [-0.25, -0.2) is 14.6 Å². The molecule has 0 radical (unpaired) electrons. The van der Waals surface area contributed by atoms with Gasteiger partial charge in [-0.05, 0) is 30.3 Å². The summed E-state index contributed by atoms with van der Waals surface area (Å²) in [5, 5.41) is 0. The highest BCUT2D eigenvalue weighted by molar-refractivity contribution is 5.93. The summed E-state index contributed by atoms with van der Waals surface area (Å²) in [7, 11) is 0. The Morgan fingerprint density at radius 3 is 2.70 bits per heavy atom. The highest BCUT2D eigenvalue weighted by Gasteiger charge is 2.09. The van der Waals surface area contributed by atoms with Gasteiger partial charge in [0.25, 0.3) is 5.91 Å². The number of carbonyl (C=O) groups excluding carboxylic acids is 1. The van der Waals surface area contributed by atoms with Crippen molar-refractivity contribution in [2.45, 2.75) is 6.61 Å². The van der Waals surface area contributed by atoms with Crippen LogP contribution in [0.25, 0.3) is 0 Å². The molecule has 0 aliphatic rings. The van der Waals surface area contributed by atoms with Gasteiger partial charge in [-0.1, -0.05) is 6.07 Å². The fraction of sp³-hybridized carbons (Fsp3) is 0.0714. The summed E-state index contributed by atoms with van der Waals surface area (Å²) >= 11 is 0. The summed E-state index contributed by atoms with van der Waals surface area (Å²) in [4.78, 5) is 11.3. The zero-order valence-corrected chi connectivity index (χ0v) is 10.4. The molecule has 0 unspecified atom stereocenters. The molecule has 0 saturated heterocycles. The van der Waals surface area contributed by atoms with E-state index in [1.807, 2.05) is 5.43 Å². The minimum Gasteiger partial charge on any atom is -0.489 e. The number of amides is 1. The van der Waals surface area contributed by atoms with Crippen molar-refractivity contribution in [1.82, 2.24) is 5.43 Å². The predicted octanol–water partition coefficient (Wildman–Crippen LogP) is 2.15. The molecule has 20 heavy (non-hydrogen) atoms. The molecule has 104 valence electrons. The Balaban J connectivity index is 2.14. The van der Waals surface area contributed by atoms with Crippen LogP contribution in [0, 0.1) is 11.6 Å². The first-order chi connectivity index (χ1) is 9.60. The van der Waals surface area contributed by atoms with E-state index in [2.05, 4.69) is 0 Å². The Morgan fingerprint density at radius 2 is 2.00 bits per heavy atom. The van der Waals surface area contributed by atoms with Crippen LogP contribution >= 0.6 is 0 Å². The van der Waals surface area contributed by atoms with Gasteiger partial charge in [-0.3, -0.25) is 10.2 Å². The van der Waals surface area contributed by atoms with E-state index in [0.717, 1.165) is 6.07 Å². The number of hydrazine groups is 1. The van der Waals surface area contributed by atoms with E-state index in [1.165, 1.54) is 30.3 Å². The van der Waals surface area contributed by atoms with Crippen LogP contribution in [0.2, 0.25) is 0 Å². The third-order valence-corrected chi connectivity index (χ3v) is 2.63. The first-order valence-electron chi connectivity index (χ1n) is 5.78. The maximum atomic E-state index is 13.6. The van der Waals surface area contributed by atoms with Crippen LogP contribution in [-0.2, 0) is 6.61 Å². The van der Waals surface area contributed by atoms with E-state index in [1.54, 1.807) is 6.07 Å². The second-order valence-corrected chi connectivity index (χ2v) is 4.03. The average molecular weight is 278 g/mol. The van der Waals surface area contributed by atoms with E-state index >= 15 is 0 Å². The van der Waals surface area contributed by atoms with Crippen LogP contribution in [0.1, 0.15) is 15.9 Å². The monoisotopic (exact) mass is 278 g/mol. The number of halogens is 2. The van der Waals surface area contributed by atoms with Crippen molar-refractivity contribution in [2.24, 2.45) is 5.84 Å². The molecule has 4 nitrogen and oxygen atoms in total. The van der Waals surface area contributed by atoms with Crippen molar-refractivity contribution in [3.8, 4) is 5.75 Å². The molecular formula is C14H12F2N2O2. The average Bonchev–Trinajstić information content (AvgIpc) is 2.45. The molecule has 0 heterocycles. The predicted molar refractivity (Wildman–Crippen MR) is 68.8 cm³/mol. The van der Waals surface area contributed by atoms with Gasteiger partial charge < -0.3 is 4.74 Å². The number of hydrogen-bond acceptors (Lipinski definition) is 3. The third-order valence-electron chi connectivity index (χ3n) is 2.63.